The highest BCUT2D eigenvalue weighted by atomic mass is 16.5. The minimum absolute atomic E-state index is 0.351. The van der Waals surface area contributed by atoms with Gasteiger partial charge in [-0.25, -0.2) is 0 Å². The van der Waals surface area contributed by atoms with Crippen LogP contribution in [0.2, 0.25) is 0 Å². The minimum atomic E-state index is 0.351. The third kappa shape index (κ3) is 2.81. The van der Waals surface area contributed by atoms with Crippen molar-refractivity contribution in [2.75, 3.05) is 13.7 Å². The Kier molecular flexibility index (Phi) is 3.72. The van der Waals surface area contributed by atoms with Gasteiger partial charge in [-0.15, -0.1) is 0 Å². The molecule has 0 radical (unpaired) electrons. The minimum Gasteiger partial charge on any atom is -0.496 e. The highest BCUT2D eigenvalue weighted by Gasteiger charge is 2.31. The quantitative estimate of drug-likeness (QED) is 0.840. The fourth-order valence-electron chi connectivity index (χ4n) is 2.49. The van der Waals surface area contributed by atoms with Gasteiger partial charge >= 0.3 is 0 Å². The van der Waals surface area contributed by atoms with E-state index in [-0.39, 0.29) is 0 Å². The lowest BCUT2D eigenvalue weighted by atomic mass is 9.70. The topological polar surface area (TPSA) is 21.3 Å². The molecule has 1 unspecified atom stereocenters. The zero-order valence-corrected chi connectivity index (χ0v) is 11.1. The molecule has 1 saturated carbocycles. The number of hydrogen-bond donors (Lipinski definition) is 1. The van der Waals surface area contributed by atoms with Crippen LogP contribution >= 0.6 is 0 Å². The number of para-hydroxylation sites is 1. The van der Waals surface area contributed by atoms with Crippen molar-refractivity contribution in [1.29, 1.82) is 0 Å². The van der Waals surface area contributed by atoms with Crippen molar-refractivity contribution in [3.63, 3.8) is 0 Å². The van der Waals surface area contributed by atoms with Gasteiger partial charge in [0.2, 0.25) is 0 Å². The second-order valence-corrected chi connectivity index (χ2v) is 5.51. The third-order valence-corrected chi connectivity index (χ3v) is 4.00. The molecule has 0 aromatic heterocycles. The van der Waals surface area contributed by atoms with E-state index in [1.54, 1.807) is 7.11 Å². The Bertz CT molecular complexity index is 371. The number of ether oxygens (including phenoxy) is 1. The molecular formula is C15H23NO. The molecule has 0 heterocycles. The van der Waals surface area contributed by atoms with Gasteiger partial charge in [0, 0.05) is 18.2 Å². The molecule has 0 bridgehead atoms. The van der Waals surface area contributed by atoms with Gasteiger partial charge in [-0.1, -0.05) is 31.5 Å². The summed E-state index contributed by atoms with van der Waals surface area (Å²) >= 11 is 0. The molecule has 0 spiro atoms. The molecule has 94 valence electrons. The number of methoxy groups -OCH3 is 1. The van der Waals surface area contributed by atoms with Gasteiger partial charge in [0.05, 0.1) is 7.11 Å². The van der Waals surface area contributed by atoms with E-state index in [9.17, 15) is 0 Å². The molecule has 0 aliphatic heterocycles. The number of benzene rings is 1. The molecule has 2 rings (SSSR count). The maximum atomic E-state index is 5.40. The average Bonchev–Trinajstić information content (AvgIpc) is 2.33. The highest BCUT2D eigenvalue weighted by molar-refractivity contribution is 5.35. The fraction of sp³-hybridized carbons (Fsp3) is 0.600. The Hall–Kier alpha value is -1.02. The first-order valence-electron chi connectivity index (χ1n) is 6.51. The summed E-state index contributed by atoms with van der Waals surface area (Å²) in [4.78, 5) is 0. The van der Waals surface area contributed by atoms with Gasteiger partial charge in [0.1, 0.15) is 5.75 Å². The molecule has 2 nitrogen and oxygen atoms in total. The Morgan fingerprint density at radius 2 is 2.06 bits per heavy atom. The van der Waals surface area contributed by atoms with Crippen molar-refractivity contribution >= 4 is 0 Å². The molecule has 1 aliphatic rings. The van der Waals surface area contributed by atoms with E-state index in [0.717, 1.165) is 12.3 Å². The lowest BCUT2D eigenvalue weighted by Crippen LogP contribution is -2.38. The molecule has 1 aliphatic carbocycles. The van der Waals surface area contributed by atoms with Crippen LogP contribution < -0.4 is 10.1 Å². The first-order chi connectivity index (χ1) is 8.14. The Balaban J connectivity index is 1.96. The lowest BCUT2D eigenvalue weighted by molar-refractivity contribution is 0.151. The van der Waals surface area contributed by atoms with Crippen molar-refractivity contribution < 1.29 is 4.74 Å². The van der Waals surface area contributed by atoms with Gasteiger partial charge in [-0.3, -0.25) is 0 Å². The standard InChI is InChI=1S/C15H23NO/c1-12(16-11-15(2)9-6-10-15)13-7-4-5-8-14(13)17-3/h4-5,7-8,12,16H,6,9-11H2,1-3H3. The van der Waals surface area contributed by atoms with Crippen LogP contribution in [-0.2, 0) is 0 Å². The van der Waals surface area contributed by atoms with Crippen LogP contribution in [0.15, 0.2) is 24.3 Å². The van der Waals surface area contributed by atoms with Crippen LogP contribution in [0, 0.1) is 5.41 Å². The smallest absolute Gasteiger partial charge is 0.123 e. The molecule has 2 heteroatoms. The van der Waals surface area contributed by atoms with Crippen LogP contribution in [0.25, 0.3) is 0 Å². The van der Waals surface area contributed by atoms with E-state index in [1.807, 2.05) is 12.1 Å². The van der Waals surface area contributed by atoms with Crippen molar-refractivity contribution in [2.24, 2.45) is 5.41 Å². The average molecular weight is 233 g/mol. The first kappa shape index (κ1) is 12.4. The summed E-state index contributed by atoms with van der Waals surface area (Å²) in [5.41, 5.74) is 1.77. The summed E-state index contributed by atoms with van der Waals surface area (Å²) in [6.07, 6.45) is 4.11. The maximum absolute atomic E-state index is 5.40. The second kappa shape index (κ2) is 5.09. The first-order valence-corrected chi connectivity index (χ1v) is 6.51. The van der Waals surface area contributed by atoms with Crippen molar-refractivity contribution in [3.8, 4) is 5.75 Å². The van der Waals surface area contributed by atoms with Crippen molar-refractivity contribution in [2.45, 2.75) is 39.2 Å². The largest absolute Gasteiger partial charge is 0.496 e. The van der Waals surface area contributed by atoms with Gasteiger partial charge in [-0.2, -0.15) is 0 Å². The summed E-state index contributed by atoms with van der Waals surface area (Å²) < 4.78 is 5.40. The van der Waals surface area contributed by atoms with E-state index < -0.39 is 0 Å². The number of hydrogen-bond acceptors (Lipinski definition) is 2. The Morgan fingerprint density at radius 3 is 2.65 bits per heavy atom. The van der Waals surface area contributed by atoms with Crippen molar-refractivity contribution in [3.05, 3.63) is 29.8 Å². The van der Waals surface area contributed by atoms with Crippen LogP contribution in [-0.4, -0.2) is 13.7 Å². The number of rotatable bonds is 5. The SMILES string of the molecule is COc1ccccc1C(C)NCC1(C)CCC1. The lowest BCUT2D eigenvalue weighted by Gasteiger charge is -2.39. The van der Waals surface area contributed by atoms with Crippen LogP contribution in [0.5, 0.6) is 5.75 Å². The molecule has 1 fully saturated rings. The third-order valence-electron chi connectivity index (χ3n) is 4.00. The van der Waals surface area contributed by atoms with Crippen LogP contribution in [0.4, 0.5) is 0 Å². The van der Waals surface area contributed by atoms with Gasteiger partial charge < -0.3 is 10.1 Å². The zero-order valence-electron chi connectivity index (χ0n) is 11.1. The van der Waals surface area contributed by atoms with Gasteiger partial charge in [0.25, 0.3) is 0 Å². The van der Waals surface area contributed by atoms with Gasteiger partial charge in [-0.05, 0) is 31.2 Å². The molecule has 1 atom stereocenters. The van der Waals surface area contributed by atoms with Crippen molar-refractivity contribution in [1.82, 2.24) is 5.32 Å². The normalized spacial score (nSPS) is 19.5. The molecule has 17 heavy (non-hydrogen) atoms. The second-order valence-electron chi connectivity index (χ2n) is 5.51. The predicted octanol–water partition coefficient (Wildman–Crippen LogP) is 3.54. The monoisotopic (exact) mass is 233 g/mol. The Labute approximate surface area is 104 Å². The van der Waals surface area contributed by atoms with Crippen LogP contribution in [0.1, 0.15) is 44.7 Å². The number of nitrogens with one attached hydrogen (secondary N) is 1. The summed E-state index contributed by atoms with van der Waals surface area (Å²) in [5, 5.41) is 3.64. The molecule has 1 aromatic rings. The molecule has 0 saturated heterocycles. The highest BCUT2D eigenvalue weighted by Crippen LogP contribution is 2.40. The van der Waals surface area contributed by atoms with E-state index in [4.69, 9.17) is 4.74 Å². The molecular weight excluding hydrogens is 210 g/mol. The maximum Gasteiger partial charge on any atom is 0.123 e. The van der Waals surface area contributed by atoms with Crippen LogP contribution in [0.3, 0.4) is 0 Å². The fourth-order valence-corrected chi connectivity index (χ4v) is 2.49. The Morgan fingerprint density at radius 1 is 1.35 bits per heavy atom. The van der Waals surface area contributed by atoms with E-state index in [1.165, 1.54) is 24.8 Å². The summed E-state index contributed by atoms with van der Waals surface area (Å²) in [7, 11) is 1.73. The molecule has 1 N–H and O–H groups in total. The molecule has 1 aromatic carbocycles. The molecule has 0 amide bonds. The summed E-state index contributed by atoms with van der Waals surface area (Å²) in [6, 6.07) is 8.60. The predicted molar refractivity (Wildman–Crippen MR) is 71.4 cm³/mol. The van der Waals surface area contributed by atoms with Gasteiger partial charge in [0.15, 0.2) is 0 Å². The zero-order chi connectivity index (χ0) is 12.3. The van der Waals surface area contributed by atoms with E-state index in [2.05, 4.69) is 31.3 Å². The van der Waals surface area contributed by atoms with E-state index >= 15 is 0 Å². The van der Waals surface area contributed by atoms with E-state index in [0.29, 0.717) is 11.5 Å². The summed E-state index contributed by atoms with van der Waals surface area (Å²) in [6.45, 7) is 5.69. The summed E-state index contributed by atoms with van der Waals surface area (Å²) in [5.74, 6) is 0.978.